The zero-order valence-electron chi connectivity index (χ0n) is 5.62. The second-order valence-corrected chi connectivity index (χ2v) is 3.31. The van der Waals surface area contributed by atoms with Crippen LogP contribution in [0.5, 0.6) is 0 Å². The number of halogens is 2. The molecule has 0 aliphatic carbocycles. The van der Waals surface area contributed by atoms with Gasteiger partial charge in [-0.3, -0.25) is 10.1 Å². The maximum atomic E-state index is 10.3. The van der Waals surface area contributed by atoms with Crippen molar-refractivity contribution >= 4 is 41.5 Å². The number of hydrogen-bond donors (Lipinski definition) is 1. The van der Waals surface area contributed by atoms with Crippen LogP contribution >= 0.6 is 35.8 Å². The molecule has 3 nitrogen and oxygen atoms in total. The van der Waals surface area contributed by atoms with E-state index in [9.17, 15) is 10.1 Å². The fourth-order valence-electron chi connectivity index (χ4n) is 0.672. The Labute approximate surface area is 83.8 Å². The zero-order valence-corrected chi connectivity index (χ0v) is 8.03. The molecule has 12 heavy (non-hydrogen) atoms. The number of hydrogen-bond acceptors (Lipinski definition) is 3. The molecule has 0 N–H and O–H groups in total. The summed E-state index contributed by atoms with van der Waals surface area (Å²) < 4.78 is 0. The molecule has 1 rings (SSSR count). The average Bonchev–Trinajstić information content (AvgIpc) is 1.96. The highest BCUT2D eigenvalue weighted by Gasteiger charge is 2.13. The number of benzene rings is 1. The monoisotopic (exact) mass is 223 g/mol. The van der Waals surface area contributed by atoms with E-state index in [-0.39, 0.29) is 20.6 Å². The van der Waals surface area contributed by atoms with Crippen molar-refractivity contribution in [1.82, 2.24) is 0 Å². The largest absolute Gasteiger partial charge is 0.284 e. The quantitative estimate of drug-likeness (QED) is 0.452. The molecule has 1 aromatic rings. The summed E-state index contributed by atoms with van der Waals surface area (Å²) in [5, 5.41) is 10.8. The summed E-state index contributed by atoms with van der Waals surface area (Å²) in [5.74, 6) is 0. The van der Waals surface area contributed by atoms with E-state index in [1.807, 2.05) is 0 Å². The number of thiol groups is 1. The number of nitro groups is 1. The van der Waals surface area contributed by atoms with Crippen molar-refractivity contribution in [3.8, 4) is 0 Å². The summed E-state index contributed by atoms with van der Waals surface area (Å²) in [6.45, 7) is 0. The maximum absolute atomic E-state index is 10.3. The number of nitro benzene ring substituents is 1. The minimum absolute atomic E-state index is 0.146. The van der Waals surface area contributed by atoms with Crippen LogP contribution in [0.4, 0.5) is 5.69 Å². The van der Waals surface area contributed by atoms with E-state index < -0.39 is 4.92 Å². The minimum Gasteiger partial charge on any atom is -0.258 e. The summed E-state index contributed by atoms with van der Waals surface area (Å²) >= 11 is 15.0. The van der Waals surface area contributed by atoms with Gasteiger partial charge in [-0.15, -0.1) is 12.6 Å². The van der Waals surface area contributed by atoms with Gasteiger partial charge in [0, 0.05) is 6.07 Å². The van der Waals surface area contributed by atoms with Gasteiger partial charge in [0.05, 0.1) is 19.9 Å². The molecule has 0 aromatic heterocycles. The SMILES string of the molecule is O=[N+]([O-])c1cc(Cl)c(Cl)cc1S. The molecule has 0 saturated carbocycles. The first kappa shape index (κ1) is 9.64. The van der Waals surface area contributed by atoms with Crippen molar-refractivity contribution in [3.63, 3.8) is 0 Å². The van der Waals surface area contributed by atoms with Gasteiger partial charge in [0.2, 0.25) is 0 Å². The molecular formula is C6H3Cl2NO2S. The Hall–Kier alpha value is -0.450. The van der Waals surface area contributed by atoms with Gasteiger partial charge < -0.3 is 0 Å². The van der Waals surface area contributed by atoms with E-state index in [1.165, 1.54) is 12.1 Å². The standard InChI is InChI=1S/C6H3Cl2NO2S/c7-3-1-5(9(10)11)6(12)2-4(3)8/h1-2,12H. The molecule has 0 spiro atoms. The van der Waals surface area contributed by atoms with Crippen molar-refractivity contribution in [3.05, 3.63) is 32.3 Å². The first-order valence-corrected chi connectivity index (χ1v) is 4.05. The summed E-state index contributed by atoms with van der Waals surface area (Å²) in [4.78, 5) is 9.98. The lowest BCUT2D eigenvalue weighted by Gasteiger charge is -1.98. The van der Waals surface area contributed by atoms with E-state index in [2.05, 4.69) is 12.6 Å². The lowest BCUT2D eigenvalue weighted by molar-refractivity contribution is -0.387. The summed E-state index contributed by atoms with van der Waals surface area (Å²) in [6, 6.07) is 2.51. The molecular weight excluding hydrogens is 221 g/mol. The topological polar surface area (TPSA) is 43.1 Å². The summed E-state index contributed by atoms with van der Waals surface area (Å²) in [5.41, 5.74) is -0.146. The maximum Gasteiger partial charge on any atom is 0.284 e. The summed E-state index contributed by atoms with van der Waals surface area (Å²) in [6.07, 6.45) is 0. The van der Waals surface area contributed by atoms with Crippen LogP contribution in [0.25, 0.3) is 0 Å². The zero-order chi connectivity index (χ0) is 9.30. The van der Waals surface area contributed by atoms with Crippen molar-refractivity contribution < 1.29 is 4.92 Å². The third-order valence-electron chi connectivity index (χ3n) is 1.21. The van der Waals surface area contributed by atoms with Gasteiger partial charge in [-0.25, -0.2) is 0 Å². The molecule has 1 aromatic carbocycles. The fourth-order valence-corrected chi connectivity index (χ4v) is 1.35. The highest BCUT2D eigenvalue weighted by Crippen LogP contribution is 2.32. The molecule has 0 fully saturated rings. The van der Waals surface area contributed by atoms with Gasteiger partial charge >= 0.3 is 0 Å². The second kappa shape index (κ2) is 3.51. The molecule has 0 amide bonds. The van der Waals surface area contributed by atoms with Crippen LogP contribution in [0.3, 0.4) is 0 Å². The van der Waals surface area contributed by atoms with Crippen molar-refractivity contribution in [2.75, 3.05) is 0 Å². The van der Waals surface area contributed by atoms with Crippen molar-refractivity contribution in [2.24, 2.45) is 0 Å². The average molecular weight is 224 g/mol. The van der Waals surface area contributed by atoms with Crippen LogP contribution in [-0.4, -0.2) is 4.92 Å². The smallest absolute Gasteiger partial charge is 0.258 e. The van der Waals surface area contributed by atoms with E-state index in [4.69, 9.17) is 23.2 Å². The van der Waals surface area contributed by atoms with Gasteiger partial charge in [-0.1, -0.05) is 23.2 Å². The predicted octanol–water partition coefficient (Wildman–Crippen LogP) is 3.19. The molecule has 64 valence electrons. The third-order valence-corrected chi connectivity index (χ3v) is 2.29. The number of nitrogens with zero attached hydrogens (tertiary/aromatic N) is 1. The van der Waals surface area contributed by atoms with Crippen LogP contribution in [-0.2, 0) is 0 Å². The highest BCUT2D eigenvalue weighted by molar-refractivity contribution is 7.80. The first-order valence-electron chi connectivity index (χ1n) is 2.85. The van der Waals surface area contributed by atoms with Crippen molar-refractivity contribution in [2.45, 2.75) is 4.90 Å². The van der Waals surface area contributed by atoms with Crippen molar-refractivity contribution in [1.29, 1.82) is 0 Å². The molecule has 0 bridgehead atoms. The number of rotatable bonds is 1. The van der Waals surface area contributed by atoms with E-state index in [1.54, 1.807) is 0 Å². The Morgan fingerprint density at radius 2 is 1.83 bits per heavy atom. The Bertz CT molecular complexity index is 343. The molecule has 0 saturated heterocycles. The molecule has 6 heteroatoms. The van der Waals surface area contributed by atoms with Gasteiger partial charge in [0.25, 0.3) is 5.69 Å². The Morgan fingerprint density at radius 1 is 1.33 bits per heavy atom. The Balaban J connectivity index is 3.33. The van der Waals surface area contributed by atoms with Gasteiger partial charge in [0.1, 0.15) is 0 Å². The van der Waals surface area contributed by atoms with E-state index in [0.29, 0.717) is 0 Å². The van der Waals surface area contributed by atoms with Gasteiger partial charge in [-0.05, 0) is 6.07 Å². The Kier molecular flexibility index (Phi) is 2.82. The fraction of sp³-hybridized carbons (Fsp3) is 0. The van der Waals surface area contributed by atoms with Crippen LogP contribution in [0.1, 0.15) is 0 Å². The molecule has 0 heterocycles. The molecule has 0 radical (unpaired) electrons. The first-order chi connectivity index (χ1) is 5.52. The third kappa shape index (κ3) is 1.83. The lowest BCUT2D eigenvalue weighted by Crippen LogP contribution is -1.89. The Morgan fingerprint density at radius 3 is 2.33 bits per heavy atom. The van der Waals surface area contributed by atoms with Crippen LogP contribution in [0.15, 0.2) is 17.0 Å². The molecule has 0 unspecified atom stereocenters. The van der Waals surface area contributed by atoms with Crippen LogP contribution in [0.2, 0.25) is 10.0 Å². The predicted molar refractivity (Wildman–Crippen MR) is 50.4 cm³/mol. The molecule has 0 atom stereocenters. The van der Waals surface area contributed by atoms with Crippen LogP contribution < -0.4 is 0 Å². The lowest BCUT2D eigenvalue weighted by atomic mass is 10.3. The molecule has 0 aliphatic rings. The van der Waals surface area contributed by atoms with Gasteiger partial charge in [-0.2, -0.15) is 0 Å². The summed E-state index contributed by atoms with van der Waals surface area (Å²) in [7, 11) is 0. The van der Waals surface area contributed by atoms with E-state index in [0.717, 1.165) is 0 Å². The second-order valence-electron chi connectivity index (χ2n) is 2.01. The van der Waals surface area contributed by atoms with Gasteiger partial charge in [0.15, 0.2) is 0 Å². The molecule has 0 aliphatic heterocycles. The minimum atomic E-state index is -0.565. The van der Waals surface area contributed by atoms with Crippen LogP contribution in [0, 0.1) is 10.1 Å². The normalized spacial score (nSPS) is 9.92. The van der Waals surface area contributed by atoms with E-state index >= 15 is 0 Å². The highest BCUT2D eigenvalue weighted by atomic mass is 35.5.